The summed E-state index contributed by atoms with van der Waals surface area (Å²) in [4.78, 5) is 61.1. The van der Waals surface area contributed by atoms with Crippen LogP contribution in [0.4, 0.5) is 0 Å². The van der Waals surface area contributed by atoms with Crippen LogP contribution in [0.1, 0.15) is 96.0 Å². The van der Waals surface area contributed by atoms with Crippen molar-refractivity contribution in [1.82, 2.24) is 5.32 Å². The Morgan fingerprint density at radius 2 is 1.49 bits per heavy atom. The molecular formula is C37H48ClNO10. The number of carbonyl (C=O) groups excluding carboxylic acids is 2. The first-order valence-corrected chi connectivity index (χ1v) is 17.1. The van der Waals surface area contributed by atoms with Gasteiger partial charge >= 0.3 is 17.9 Å². The average Bonchev–Trinajstić information content (AvgIpc) is 3.04. The van der Waals surface area contributed by atoms with Crippen molar-refractivity contribution in [1.29, 1.82) is 0 Å². The lowest BCUT2D eigenvalue weighted by Gasteiger charge is -2.29. The summed E-state index contributed by atoms with van der Waals surface area (Å²) in [6.07, 6.45) is 11.1. The number of amides is 1. The first-order valence-electron chi connectivity index (χ1n) is 16.8. The minimum atomic E-state index is -3.04. The van der Waals surface area contributed by atoms with Gasteiger partial charge in [0.25, 0.3) is 0 Å². The molecule has 1 amide bonds. The first-order chi connectivity index (χ1) is 23.3. The second kappa shape index (κ2) is 21.7. The summed E-state index contributed by atoms with van der Waals surface area (Å²) in [6, 6.07) is 11.6. The molecule has 2 rings (SSSR count). The summed E-state index contributed by atoms with van der Waals surface area (Å²) in [5.74, 6) is -6.83. The van der Waals surface area contributed by atoms with Crippen LogP contribution >= 0.6 is 11.6 Å². The van der Waals surface area contributed by atoms with Crippen LogP contribution in [0, 0.1) is 5.92 Å². The Balaban J connectivity index is 2.01. The molecule has 12 heteroatoms. The van der Waals surface area contributed by atoms with E-state index in [0.717, 1.165) is 51.0 Å². The number of rotatable bonds is 25. The minimum Gasteiger partial charge on any atom is -0.481 e. The molecule has 0 saturated carbocycles. The van der Waals surface area contributed by atoms with Crippen molar-refractivity contribution in [2.24, 2.45) is 5.92 Å². The second-order valence-corrected chi connectivity index (χ2v) is 12.6. The number of carbonyl (C=O) groups is 5. The Morgan fingerprint density at radius 1 is 0.857 bits per heavy atom. The van der Waals surface area contributed by atoms with Gasteiger partial charge in [-0.2, -0.15) is 0 Å². The number of Topliss-reactive ketones (excluding diaryl/α,β-unsaturated/α-hetero) is 1. The monoisotopic (exact) mass is 701 g/mol. The summed E-state index contributed by atoms with van der Waals surface area (Å²) in [7, 11) is 0. The molecule has 0 fully saturated rings. The van der Waals surface area contributed by atoms with Crippen molar-refractivity contribution in [3.8, 4) is 11.5 Å². The molecule has 2 aromatic carbocycles. The number of carboxylic acids is 3. The van der Waals surface area contributed by atoms with Gasteiger partial charge in [0.1, 0.15) is 23.3 Å². The molecule has 49 heavy (non-hydrogen) atoms. The van der Waals surface area contributed by atoms with Gasteiger partial charge in [-0.05, 0) is 61.6 Å². The third-order valence-corrected chi connectivity index (χ3v) is 8.30. The van der Waals surface area contributed by atoms with Gasteiger partial charge in [0.2, 0.25) is 5.91 Å². The molecule has 3 atom stereocenters. The van der Waals surface area contributed by atoms with Gasteiger partial charge in [-0.25, -0.2) is 9.59 Å². The predicted octanol–water partition coefficient (Wildman–Crippen LogP) is 6.98. The molecule has 0 bridgehead atoms. The van der Waals surface area contributed by atoms with Crippen molar-refractivity contribution in [2.45, 2.75) is 108 Å². The molecule has 3 unspecified atom stereocenters. The quantitative estimate of drug-likeness (QED) is 0.0534. The topological polar surface area (TPSA) is 188 Å². The number of carboxylic acid groups (broad SMARTS) is 3. The van der Waals surface area contributed by atoms with E-state index < -0.39 is 47.8 Å². The minimum absolute atomic E-state index is 0.194. The highest BCUT2D eigenvalue weighted by Gasteiger charge is 2.49. The van der Waals surface area contributed by atoms with E-state index in [-0.39, 0.29) is 12.2 Å². The molecule has 0 heterocycles. The first kappa shape index (κ1) is 41.0. The number of ether oxygens (including phenoxy) is 1. The van der Waals surface area contributed by atoms with E-state index in [2.05, 4.69) is 12.2 Å². The van der Waals surface area contributed by atoms with Gasteiger partial charge in [0.05, 0.1) is 12.3 Å². The molecular weight excluding hydrogens is 654 g/mol. The molecule has 0 aliphatic heterocycles. The summed E-state index contributed by atoms with van der Waals surface area (Å²) in [5, 5.41) is 42.7. The van der Waals surface area contributed by atoms with Crippen molar-refractivity contribution < 1.29 is 49.1 Å². The van der Waals surface area contributed by atoms with Crippen molar-refractivity contribution >= 4 is 41.2 Å². The summed E-state index contributed by atoms with van der Waals surface area (Å²) < 4.78 is 5.74. The Labute approximate surface area is 292 Å². The fourth-order valence-corrected chi connectivity index (χ4v) is 5.47. The molecule has 11 nitrogen and oxygen atoms in total. The summed E-state index contributed by atoms with van der Waals surface area (Å²) in [6.45, 7) is 2.15. The van der Waals surface area contributed by atoms with Crippen LogP contribution in [-0.2, 0) is 30.4 Å². The summed E-state index contributed by atoms with van der Waals surface area (Å²) in [5.41, 5.74) is -2.53. The predicted molar refractivity (Wildman–Crippen MR) is 185 cm³/mol. The lowest BCUT2D eigenvalue weighted by atomic mass is 9.82. The van der Waals surface area contributed by atoms with E-state index in [4.69, 9.17) is 16.3 Å². The van der Waals surface area contributed by atoms with E-state index in [1.807, 2.05) is 0 Å². The van der Waals surface area contributed by atoms with Crippen molar-refractivity contribution in [3.05, 3.63) is 71.3 Å². The molecule has 0 aliphatic rings. The number of unbranched alkanes of at least 4 members (excludes halogenated alkanes) is 8. The molecule has 5 N–H and O–H groups in total. The van der Waals surface area contributed by atoms with Gasteiger partial charge in [-0.15, -0.1) is 0 Å². The van der Waals surface area contributed by atoms with Crippen LogP contribution in [-0.4, -0.2) is 61.7 Å². The van der Waals surface area contributed by atoms with Crippen LogP contribution in [0.3, 0.4) is 0 Å². The van der Waals surface area contributed by atoms with Crippen LogP contribution in [0.2, 0.25) is 5.02 Å². The average molecular weight is 702 g/mol. The molecule has 268 valence electrons. The zero-order valence-corrected chi connectivity index (χ0v) is 28.7. The number of benzene rings is 2. The number of hydrogen-bond acceptors (Lipinski definition) is 7. The fourth-order valence-electron chi connectivity index (χ4n) is 5.29. The van der Waals surface area contributed by atoms with Crippen LogP contribution < -0.4 is 10.1 Å². The van der Waals surface area contributed by atoms with E-state index in [1.165, 1.54) is 12.5 Å². The summed E-state index contributed by atoms with van der Waals surface area (Å²) >= 11 is 5.98. The van der Waals surface area contributed by atoms with Crippen LogP contribution in [0.5, 0.6) is 11.5 Å². The standard InChI is InChI=1S/C37H48ClNO10/c1-2-3-4-7-10-15-28(40)16-11-8-5-6-9-12-18-31(37(48,36(46)47)25-33(41)42)34(43)39-32(35(44)45)23-26-19-21-29(22-20-26)49-30-17-13-14-27(38)24-30/h12-14,17-22,24,31-32,48H,2-11,15-16,23,25H2,1H3,(H,39,43)(H,41,42)(H,44,45)(H,46,47)/b18-12+. The van der Waals surface area contributed by atoms with Crippen molar-refractivity contribution in [3.63, 3.8) is 0 Å². The molecule has 0 aromatic heterocycles. The number of allylic oxidation sites excluding steroid dienone is 1. The number of nitrogens with one attached hydrogen (secondary N) is 1. The number of hydrogen-bond donors (Lipinski definition) is 5. The molecule has 0 aliphatic carbocycles. The van der Waals surface area contributed by atoms with Gasteiger partial charge in [-0.3, -0.25) is 14.4 Å². The van der Waals surface area contributed by atoms with Gasteiger partial charge in [0, 0.05) is 24.3 Å². The molecule has 0 spiro atoms. The van der Waals surface area contributed by atoms with Crippen LogP contribution in [0.25, 0.3) is 0 Å². The highest BCUT2D eigenvalue weighted by molar-refractivity contribution is 6.30. The lowest BCUT2D eigenvalue weighted by Crippen LogP contribution is -2.55. The second-order valence-electron chi connectivity index (χ2n) is 12.2. The zero-order chi connectivity index (χ0) is 36.2. The number of ketones is 1. The van der Waals surface area contributed by atoms with Crippen LogP contribution in [0.15, 0.2) is 60.7 Å². The highest BCUT2D eigenvalue weighted by atomic mass is 35.5. The van der Waals surface area contributed by atoms with E-state index in [9.17, 15) is 44.4 Å². The molecule has 0 saturated heterocycles. The Kier molecular flexibility index (Phi) is 18.1. The number of aliphatic hydroxyl groups is 1. The van der Waals surface area contributed by atoms with E-state index in [1.54, 1.807) is 48.5 Å². The highest BCUT2D eigenvalue weighted by Crippen LogP contribution is 2.27. The Morgan fingerprint density at radius 3 is 2.06 bits per heavy atom. The third-order valence-electron chi connectivity index (χ3n) is 8.06. The largest absolute Gasteiger partial charge is 0.481 e. The third kappa shape index (κ3) is 15.3. The maximum atomic E-state index is 13.4. The SMILES string of the molecule is CCCCCCCC(=O)CCCCCC/C=C/C(C(=O)NC(Cc1ccc(Oc2cccc(Cl)c2)cc1)C(=O)O)C(O)(CC(=O)O)C(=O)O. The zero-order valence-electron chi connectivity index (χ0n) is 27.9. The number of halogens is 1. The van der Waals surface area contributed by atoms with E-state index in [0.29, 0.717) is 47.8 Å². The van der Waals surface area contributed by atoms with E-state index >= 15 is 0 Å². The molecule has 0 radical (unpaired) electrons. The Hall–Kier alpha value is -4.22. The normalized spacial score (nSPS) is 13.7. The number of aliphatic carboxylic acids is 3. The van der Waals surface area contributed by atoms with Crippen molar-refractivity contribution in [2.75, 3.05) is 0 Å². The molecule has 2 aromatic rings. The van der Waals surface area contributed by atoms with Gasteiger partial charge < -0.3 is 30.5 Å². The maximum absolute atomic E-state index is 13.4. The Bertz CT molecular complexity index is 1410. The lowest BCUT2D eigenvalue weighted by molar-refractivity contribution is -0.172. The smallest absolute Gasteiger partial charge is 0.337 e. The van der Waals surface area contributed by atoms with Gasteiger partial charge in [-0.1, -0.05) is 87.4 Å². The maximum Gasteiger partial charge on any atom is 0.337 e. The fraction of sp³-hybridized carbons (Fsp3) is 0.486. The van der Waals surface area contributed by atoms with Gasteiger partial charge in [0.15, 0.2) is 5.60 Å².